The van der Waals surface area contributed by atoms with Crippen molar-refractivity contribution >= 4 is 16.3 Å². The van der Waals surface area contributed by atoms with Crippen molar-refractivity contribution < 1.29 is 4.39 Å². The van der Waals surface area contributed by atoms with Crippen LogP contribution in [0.1, 0.15) is 17.5 Å². The predicted octanol–water partition coefficient (Wildman–Crippen LogP) is 4.71. The van der Waals surface area contributed by atoms with Crippen molar-refractivity contribution in [2.24, 2.45) is 0 Å². The number of rotatable bonds is 4. The zero-order chi connectivity index (χ0) is 17.1. The number of hydrogen-bond acceptors (Lipinski definition) is 2. The van der Waals surface area contributed by atoms with Crippen LogP contribution in [0.15, 0.2) is 67.0 Å². The van der Waals surface area contributed by atoms with Gasteiger partial charge in [0.25, 0.3) is 0 Å². The Labute approximate surface area is 147 Å². The van der Waals surface area contributed by atoms with Gasteiger partial charge in [-0.1, -0.05) is 36.4 Å². The monoisotopic (exact) mass is 332 g/mol. The molecule has 0 saturated carbocycles. The Morgan fingerprint density at radius 1 is 1.04 bits per heavy atom. The third kappa shape index (κ3) is 3.77. The fourth-order valence-electron chi connectivity index (χ4n) is 3.44. The molecule has 0 bridgehead atoms. The summed E-state index contributed by atoms with van der Waals surface area (Å²) in [6.07, 6.45) is 8.01. The van der Waals surface area contributed by atoms with Gasteiger partial charge in [-0.3, -0.25) is 9.88 Å². The van der Waals surface area contributed by atoms with Crippen molar-refractivity contribution in [2.75, 3.05) is 19.6 Å². The average Bonchev–Trinajstić information content (AvgIpc) is 2.66. The third-order valence-corrected chi connectivity index (χ3v) is 4.91. The molecule has 0 unspecified atom stereocenters. The van der Waals surface area contributed by atoms with Crippen LogP contribution in [0.3, 0.4) is 0 Å². The smallest absolute Gasteiger partial charge is 0.123 e. The van der Waals surface area contributed by atoms with E-state index in [0.717, 1.165) is 38.0 Å². The first-order valence-electron chi connectivity index (χ1n) is 8.78. The van der Waals surface area contributed by atoms with Gasteiger partial charge in [0, 0.05) is 37.4 Å². The summed E-state index contributed by atoms with van der Waals surface area (Å²) in [4.78, 5) is 6.62. The van der Waals surface area contributed by atoms with E-state index in [-0.39, 0.29) is 5.82 Å². The fraction of sp³-hybridized carbons (Fsp3) is 0.227. The van der Waals surface area contributed by atoms with Crippen LogP contribution in [0.4, 0.5) is 4.39 Å². The van der Waals surface area contributed by atoms with Gasteiger partial charge in [-0.2, -0.15) is 0 Å². The topological polar surface area (TPSA) is 16.1 Å². The van der Waals surface area contributed by atoms with Crippen LogP contribution < -0.4 is 0 Å². The van der Waals surface area contributed by atoms with Crippen LogP contribution >= 0.6 is 0 Å². The third-order valence-electron chi connectivity index (χ3n) is 4.91. The van der Waals surface area contributed by atoms with Gasteiger partial charge < -0.3 is 0 Å². The van der Waals surface area contributed by atoms with Gasteiger partial charge >= 0.3 is 0 Å². The highest BCUT2D eigenvalue weighted by Gasteiger charge is 2.13. The summed E-state index contributed by atoms with van der Waals surface area (Å²) in [5, 5.41) is 2.44. The van der Waals surface area contributed by atoms with Crippen molar-refractivity contribution in [2.45, 2.75) is 12.8 Å². The maximum atomic E-state index is 13.4. The molecule has 25 heavy (non-hydrogen) atoms. The van der Waals surface area contributed by atoms with Crippen LogP contribution in [0, 0.1) is 5.82 Å². The van der Waals surface area contributed by atoms with Gasteiger partial charge in [-0.05, 0) is 53.1 Å². The fourth-order valence-corrected chi connectivity index (χ4v) is 3.44. The minimum atomic E-state index is -0.160. The van der Waals surface area contributed by atoms with E-state index >= 15 is 0 Å². The molecule has 0 fully saturated rings. The molecule has 2 heterocycles. The first-order chi connectivity index (χ1) is 12.3. The van der Waals surface area contributed by atoms with Crippen LogP contribution in [0.2, 0.25) is 0 Å². The van der Waals surface area contributed by atoms with Crippen LogP contribution in [0.5, 0.6) is 0 Å². The number of benzene rings is 2. The summed E-state index contributed by atoms with van der Waals surface area (Å²) in [5.74, 6) is -0.160. The molecule has 126 valence electrons. The molecule has 1 aliphatic heterocycles. The maximum absolute atomic E-state index is 13.4. The van der Waals surface area contributed by atoms with Gasteiger partial charge in [-0.25, -0.2) is 4.39 Å². The summed E-state index contributed by atoms with van der Waals surface area (Å²) in [7, 11) is 0. The second-order valence-corrected chi connectivity index (χ2v) is 6.60. The summed E-state index contributed by atoms with van der Waals surface area (Å²) >= 11 is 0. The normalized spacial score (nSPS) is 15.3. The van der Waals surface area contributed by atoms with Crippen molar-refractivity contribution in [3.63, 3.8) is 0 Å². The highest BCUT2D eigenvalue weighted by atomic mass is 19.1. The number of hydrogen-bond donors (Lipinski definition) is 0. The molecule has 0 aliphatic carbocycles. The molecule has 0 radical (unpaired) electrons. The molecule has 2 aromatic carbocycles. The van der Waals surface area contributed by atoms with Crippen molar-refractivity contribution in [1.82, 2.24) is 9.88 Å². The molecule has 0 amide bonds. The van der Waals surface area contributed by atoms with Gasteiger partial charge in [0.05, 0.1) is 0 Å². The largest absolute Gasteiger partial charge is 0.299 e. The quantitative estimate of drug-likeness (QED) is 0.688. The molecule has 0 atom stereocenters. The standard InChI is InChI=1S/C22H21FN2/c23-22-3-1-2-19(15-22)18-8-12-25(13-9-18)11-7-17-4-5-21-16-24-10-6-20(21)14-17/h1-6,8,10,14-16H,7,9,11-13H2. The molecule has 3 heteroatoms. The predicted molar refractivity (Wildman–Crippen MR) is 101 cm³/mol. The van der Waals surface area contributed by atoms with Crippen molar-refractivity contribution in [1.29, 1.82) is 0 Å². The Morgan fingerprint density at radius 3 is 2.84 bits per heavy atom. The molecule has 1 aromatic heterocycles. The first-order valence-corrected chi connectivity index (χ1v) is 8.78. The molecule has 0 spiro atoms. The van der Waals surface area contributed by atoms with Gasteiger partial charge in [0.1, 0.15) is 5.82 Å². The van der Waals surface area contributed by atoms with E-state index in [4.69, 9.17) is 0 Å². The SMILES string of the molecule is Fc1cccc(C2=CCN(CCc3ccc4cnccc4c3)CC2)c1. The van der Waals surface area contributed by atoms with E-state index in [9.17, 15) is 4.39 Å². The molecule has 1 aliphatic rings. The molecular formula is C22H21FN2. The van der Waals surface area contributed by atoms with E-state index in [1.807, 2.05) is 18.5 Å². The minimum Gasteiger partial charge on any atom is -0.299 e. The average molecular weight is 332 g/mol. The lowest BCUT2D eigenvalue weighted by atomic mass is 9.99. The summed E-state index contributed by atoms with van der Waals surface area (Å²) < 4.78 is 13.4. The molecular weight excluding hydrogens is 311 g/mol. The van der Waals surface area contributed by atoms with Gasteiger partial charge in [-0.15, -0.1) is 0 Å². The van der Waals surface area contributed by atoms with Crippen molar-refractivity contribution in [3.05, 3.63) is 83.9 Å². The van der Waals surface area contributed by atoms with E-state index in [1.165, 1.54) is 28.0 Å². The zero-order valence-electron chi connectivity index (χ0n) is 14.2. The van der Waals surface area contributed by atoms with E-state index in [2.05, 4.69) is 40.2 Å². The highest BCUT2D eigenvalue weighted by Crippen LogP contribution is 2.23. The summed E-state index contributed by atoms with van der Waals surface area (Å²) in [5.41, 5.74) is 3.63. The lowest BCUT2D eigenvalue weighted by molar-refractivity contribution is 0.306. The van der Waals surface area contributed by atoms with E-state index in [0.29, 0.717) is 0 Å². The summed E-state index contributed by atoms with van der Waals surface area (Å²) in [6.45, 7) is 3.01. The number of halogens is 1. The Balaban J connectivity index is 1.38. The Kier molecular flexibility index (Phi) is 4.57. The first kappa shape index (κ1) is 16.0. The Hall–Kier alpha value is -2.52. The van der Waals surface area contributed by atoms with E-state index < -0.39 is 0 Å². The minimum absolute atomic E-state index is 0.160. The Bertz CT molecular complexity index is 917. The van der Waals surface area contributed by atoms with Crippen LogP contribution in [-0.4, -0.2) is 29.5 Å². The molecule has 4 rings (SSSR count). The lowest BCUT2D eigenvalue weighted by Gasteiger charge is -2.26. The Morgan fingerprint density at radius 2 is 2.00 bits per heavy atom. The van der Waals surface area contributed by atoms with Crippen LogP contribution in [-0.2, 0) is 6.42 Å². The number of pyridine rings is 1. The molecule has 0 saturated heterocycles. The van der Waals surface area contributed by atoms with Crippen molar-refractivity contribution in [3.8, 4) is 0 Å². The molecule has 0 N–H and O–H groups in total. The zero-order valence-corrected chi connectivity index (χ0v) is 14.2. The number of aromatic nitrogens is 1. The van der Waals surface area contributed by atoms with E-state index in [1.54, 1.807) is 12.1 Å². The second-order valence-electron chi connectivity index (χ2n) is 6.60. The highest BCUT2D eigenvalue weighted by molar-refractivity contribution is 5.82. The number of nitrogens with zero attached hydrogens (tertiary/aromatic N) is 2. The van der Waals surface area contributed by atoms with Gasteiger partial charge in [0.2, 0.25) is 0 Å². The second kappa shape index (κ2) is 7.16. The lowest BCUT2D eigenvalue weighted by Crippen LogP contribution is -2.30. The molecule has 3 aromatic rings. The van der Waals surface area contributed by atoms with Gasteiger partial charge in [0.15, 0.2) is 0 Å². The van der Waals surface area contributed by atoms with Crippen LogP contribution in [0.25, 0.3) is 16.3 Å². The number of fused-ring (bicyclic) bond motifs is 1. The summed E-state index contributed by atoms with van der Waals surface area (Å²) in [6, 6.07) is 15.6. The molecule has 2 nitrogen and oxygen atoms in total. The maximum Gasteiger partial charge on any atom is 0.123 e.